The van der Waals surface area contributed by atoms with Crippen molar-refractivity contribution in [1.82, 2.24) is 24.4 Å². The van der Waals surface area contributed by atoms with Crippen molar-refractivity contribution in [1.29, 1.82) is 0 Å². The van der Waals surface area contributed by atoms with E-state index in [-0.39, 0.29) is 40.5 Å². The Morgan fingerprint density at radius 3 is 2.58 bits per heavy atom. The van der Waals surface area contributed by atoms with Crippen LogP contribution in [0.5, 0.6) is 0 Å². The van der Waals surface area contributed by atoms with Crippen LogP contribution in [0.3, 0.4) is 0 Å². The van der Waals surface area contributed by atoms with Crippen molar-refractivity contribution in [2.24, 2.45) is 5.41 Å². The van der Waals surface area contributed by atoms with Crippen LogP contribution in [-0.4, -0.2) is 77.9 Å². The van der Waals surface area contributed by atoms with Gasteiger partial charge in [0.1, 0.15) is 5.82 Å². The summed E-state index contributed by atoms with van der Waals surface area (Å²) >= 11 is 6.13. The summed E-state index contributed by atoms with van der Waals surface area (Å²) < 4.78 is 47.5. The van der Waals surface area contributed by atoms with E-state index in [2.05, 4.69) is 15.0 Å². The summed E-state index contributed by atoms with van der Waals surface area (Å²) in [5.41, 5.74) is 1.04. The summed E-state index contributed by atoms with van der Waals surface area (Å²) in [6, 6.07) is 2.36. The van der Waals surface area contributed by atoms with Crippen LogP contribution in [0.2, 0.25) is 5.15 Å². The highest BCUT2D eigenvalue weighted by atomic mass is 35.5. The normalized spacial score (nSPS) is 17.2. The van der Waals surface area contributed by atoms with E-state index in [0.717, 1.165) is 5.56 Å². The minimum Gasteiger partial charge on any atom is -0.349 e. The molecule has 1 aliphatic heterocycles. The van der Waals surface area contributed by atoms with Gasteiger partial charge in [0.15, 0.2) is 16.6 Å². The maximum Gasteiger partial charge on any atom is 0.355 e. The van der Waals surface area contributed by atoms with E-state index in [9.17, 15) is 17.6 Å². The highest BCUT2D eigenvalue weighted by molar-refractivity contribution is 7.86. The third-order valence-electron chi connectivity index (χ3n) is 6.71. The molecule has 0 radical (unpaired) electrons. The standard InChI is InChI=1S/C27H36ClFN6O4S/c1-16(2)21-22(17(3)8-9-30-21)35-25-19(12-20(29)23(28)31-25)24(32-26(35)36)34-11-10-33(7)13-18(34)14-40(37,38)39-15-27(4,5)6/h8-9,12,16,18H,10-11,13-15H2,1-7H3. The number of anilines is 1. The fourth-order valence-electron chi connectivity index (χ4n) is 4.77. The van der Waals surface area contributed by atoms with Crippen molar-refractivity contribution in [3.63, 3.8) is 0 Å². The van der Waals surface area contributed by atoms with Crippen LogP contribution < -0.4 is 10.6 Å². The number of rotatable bonds is 7. The fourth-order valence-corrected chi connectivity index (χ4v) is 6.29. The van der Waals surface area contributed by atoms with Crippen LogP contribution in [0, 0.1) is 18.2 Å². The third-order valence-corrected chi connectivity index (χ3v) is 8.24. The van der Waals surface area contributed by atoms with Crippen molar-refractivity contribution in [3.8, 4) is 5.69 Å². The Hall–Kier alpha value is -2.67. The van der Waals surface area contributed by atoms with Gasteiger partial charge in [-0.3, -0.25) is 9.17 Å². The Balaban J connectivity index is 1.91. The smallest absolute Gasteiger partial charge is 0.349 e. The molecule has 3 aromatic heterocycles. The fraction of sp³-hybridized carbons (Fsp3) is 0.556. The predicted octanol–water partition coefficient (Wildman–Crippen LogP) is 3.91. The Morgan fingerprint density at radius 1 is 1.23 bits per heavy atom. The molecular weight excluding hydrogens is 559 g/mol. The van der Waals surface area contributed by atoms with Crippen LogP contribution in [-0.2, 0) is 14.3 Å². The van der Waals surface area contributed by atoms with E-state index in [1.807, 2.05) is 53.5 Å². The molecule has 0 bridgehead atoms. The highest BCUT2D eigenvalue weighted by Crippen LogP contribution is 2.32. The molecule has 0 aliphatic carbocycles. The van der Waals surface area contributed by atoms with Gasteiger partial charge >= 0.3 is 5.69 Å². The van der Waals surface area contributed by atoms with E-state index >= 15 is 0 Å². The molecule has 1 fully saturated rings. The van der Waals surface area contributed by atoms with Gasteiger partial charge in [0.05, 0.1) is 35.2 Å². The summed E-state index contributed by atoms with van der Waals surface area (Å²) in [6.07, 6.45) is 1.67. The van der Waals surface area contributed by atoms with Crippen molar-refractivity contribution in [3.05, 3.63) is 51.0 Å². The molecule has 1 unspecified atom stereocenters. The van der Waals surface area contributed by atoms with Gasteiger partial charge in [0.25, 0.3) is 10.1 Å². The zero-order valence-corrected chi connectivity index (χ0v) is 25.5. The zero-order valence-electron chi connectivity index (χ0n) is 23.9. The maximum absolute atomic E-state index is 14.9. The second-order valence-electron chi connectivity index (χ2n) is 11.9. The Kier molecular flexibility index (Phi) is 8.56. The molecular formula is C27H36ClFN6O4S. The topological polar surface area (TPSA) is 111 Å². The van der Waals surface area contributed by atoms with E-state index in [1.54, 1.807) is 17.2 Å². The monoisotopic (exact) mass is 594 g/mol. The van der Waals surface area contributed by atoms with Gasteiger partial charge in [0, 0.05) is 25.8 Å². The summed E-state index contributed by atoms with van der Waals surface area (Å²) in [4.78, 5) is 30.7. The number of likely N-dealkylation sites (N-methyl/N-ethyl adjacent to an activating group) is 1. The number of fused-ring (bicyclic) bond motifs is 1. The molecule has 13 heteroatoms. The molecule has 0 aromatic carbocycles. The van der Waals surface area contributed by atoms with Crippen molar-refractivity contribution >= 4 is 38.6 Å². The molecule has 3 aromatic rings. The van der Waals surface area contributed by atoms with Crippen molar-refractivity contribution in [2.45, 2.75) is 53.5 Å². The van der Waals surface area contributed by atoms with Crippen LogP contribution >= 0.6 is 11.6 Å². The second-order valence-corrected chi connectivity index (χ2v) is 13.9. The first-order valence-corrected chi connectivity index (χ1v) is 15.1. The number of aromatic nitrogens is 4. The molecule has 1 saturated heterocycles. The van der Waals surface area contributed by atoms with Gasteiger partial charge in [0.2, 0.25) is 0 Å². The first-order chi connectivity index (χ1) is 18.6. The molecule has 10 nitrogen and oxygen atoms in total. The molecule has 4 heterocycles. The first-order valence-electron chi connectivity index (χ1n) is 13.1. The van der Waals surface area contributed by atoms with Crippen molar-refractivity contribution < 1.29 is 17.0 Å². The zero-order chi connectivity index (χ0) is 29.6. The Morgan fingerprint density at radius 2 is 1.93 bits per heavy atom. The lowest BCUT2D eigenvalue weighted by atomic mass is 9.99. The predicted molar refractivity (Wildman–Crippen MR) is 155 cm³/mol. The van der Waals surface area contributed by atoms with E-state index < -0.39 is 32.8 Å². The quantitative estimate of drug-likeness (QED) is 0.297. The number of hydrogen-bond acceptors (Lipinski definition) is 9. The lowest BCUT2D eigenvalue weighted by molar-refractivity contribution is 0.200. The Labute approximate surface area is 239 Å². The average Bonchev–Trinajstić information content (AvgIpc) is 2.84. The number of aryl methyl sites for hydroxylation is 1. The Bertz CT molecular complexity index is 1590. The van der Waals surface area contributed by atoms with Gasteiger partial charge in [-0.05, 0) is 43.0 Å². The van der Waals surface area contributed by atoms with Crippen LogP contribution in [0.1, 0.15) is 51.8 Å². The van der Waals surface area contributed by atoms with Crippen LogP contribution in [0.25, 0.3) is 16.7 Å². The molecule has 218 valence electrons. The molecule has 1 aliphatic rings. The van der Waals surface area contributed by atoms with Gasteiger partial charge in [-0.15, -0.1) is 0 Å². The van der Waals surface area contributed by atoms with Crippen LogP contribution in [0.4, 0.5) is 10.2 Å². The van der Waals surface area contributed by atoms with Gasteiger partial charge < -0.3 is 9.80 Å². The minimum absolute atomic E-state index is 0.0331. The molecule has 1 atom stereocenters. The maximum atomic E-state index is 14.9. The average molecular weight is 595 g/mol. The largest absolute Gasteiger partial charge is 0.355 e. The summed E-state index contributed by atoms with van der Waals surface area (Å²) in [5.74, 6) is -0.993. The lowest BCUT2D eigenvalue weighted by Gasteiger charge is -2.40. The molecule has 4 rings (SSSR count). The highest BCUT2D eigenvalue weighted by Gasteiger charge is 2.34. The van der Waals surface area contributed by atoms with Gasteiger partial charge in [-0.2, -0.15) is 13.4 Å². The van der Waals surface area contributed by atoms with Crippen molar-refractivity contribution in [2.75, 3.05) is 43.9 Å². The van der Waals surface area contributed by atoms with E-state index in [0.29, 0.717) is 31.0 Å². The summed E-state index contributed by atoms with van der Waals surface area (Å²) in [5, 5.41) is -0.152. The SMILES string of the molecule is Cc1ccnc(C(C)C)c1-n1c(=O)nc(N2CCN(C)CC2CS(=O)(=O)OCC(C)(C)C)c2cc(F)c(Cl)nc21. The minimum atomic E-state index is -3.93. The molecule has 0 N–H and O–H groups in total. The lowest BCUT2D eigenvalue weighted by Crippen LogP contribution is -2.55. The molecule has 0 amide bonds. The molecule has 0 spiro atoms. The van der Waals surface area contributed by atoms with E-state index in [1.165, 1.54) is 10.6 Å². The molecule has 40 heavy (non-hydrogen) atoms. The number of pyridine rings is 2. The van der Waals surface area contributed by atoms with Gasteiger partial charge in [-0.1, -0.05) is 46.2 Å². The summed E-state index contributed by atoms with van der Waals surface area (Å²) in [7, 11) is -2.04. The number of halogens is 2. The first kappa shape index (κ1) is 30.3. The number of piperazine rings is 1. The van der Waals surface area contributed by atoms with Crippen LogP contribution in [0.15, 0.2) is 23.1 Å². The number of nitrogens with zero attached hydrogens (tertiary/aromatic N) is 6. The second kappa shape index (κ2) is 11.3. The molecule has 0 saturated carbocycles. The van der Waals surface area contributed by atoms with E-state index in [4.69, 9.17) is 15.8 Å². The number of hydrogen-bond donors (Lipinski definition) is 0. The third kappa shape index (κ3) is 6.45. The van der Waals surface area contributed by atoms with Gasteiger partial charge in [-0.25, -0.2) is 18.7 Å². The summed E-state index contributed by atoms with van der Waals surface area (Å²) in [6.45, 7) is 12.7.